The fourth-order valence-corrected chi connectivity index (χ4v) is 6.81. The lowest BCUT2D eigenvalue weighted by atomic mass is 10.0. The number of nitrogens with one attached hydrogen (secondary N) is 1. The zero-order chi connectivity index (χ0) is 34.8. The van der Waals surface area contributed by atoms with Crippen molar-refractivity contribution < 1.29 is 27.9 Å². The summed E-state index contributed by atoms with van der Waals surface area (Å²) in [5.74, 6) is 0.333. The summed E-state index contributed by atoms with van der Waals surface area (Å²) in [6.45, 7) is 5.28. The molecule has 2 fully saturated rings. The molecule has 1 aromatic carbocycles. The molecule has 1 unspecified atom stereocenters. The van der Waals surface area contributed by atoms with E-state index in [2.05, 4.69) is 32.3 Å². The van der Waals surface area contributed by atoms with E-state index in [1.807, 2.05) is 11.9 Å². The van der Waals surface area contributed by atoms with Crippen LogP contribution in [-0.2, 0) is 16.1 Å². The van der Waals surface area contributed by atoms with Crippen LogP contribution >= 0.6 is 11.6 Å². The maximum atomic E-state index is 13.6. The maximum absolute atomic E-state index is 13.6. The molecule has 5 heterocycles. The van der Waals surface area contributed by atoms with E-state index in [-0.39, 0.29) is 51.6 Å². The number of likely N-dealkylation sites (tertiary alicyclic amines) is 2. The van der Waals surface area contributed by atoms with Crippen LogP contribution in [0.5, 0.6) is 5.75 Å². The molecule has 3 atom stereocenters. The highest BCUT2D eigenvalue weighted by atomic mass is 35.5. The van der Waals surface area contributed by atoms with Crippen LogP contribution in [0.25, 0.3) is 16.9 Å². The largest absolute Gasteiger partial charge is 0.434 e. The first-order valence-corrected chi connectivity index (χ1v) is 16.5. The van der Waals surface area contributed by atoms with E-state index in [9.17, 15) is 23.2 Å². The molecular formula is C33H38ClF2N9O4. The van der Waals surface area contributed by atoms with Gasteiger partial charge in [-0.25, -0.2) is 9.50 Å². The molecule has 3 aromatic heterocycles. The molecule has 4 aromatic rings. The van der Waals surface area contributed by atoms with Gasteiger partial charge in [-0.15, -0.1) is 0 Å². The summed E-state index contributed by atoms with van der Waals surface area (Å²) in [5.41, 5.74) is 0.876. The number of rotatable bonds is 12. The van der Waals surface area contributed by atoms with Crippen molar-refractivity contribution >= 4 is 40.7 Å². The summed E-state index contributed by atoms with van der Waals surface area (Å²) in [4.78, 5) is 48.8. The minimum Gasteiger partial charge on any atom is -0.434 e. The van der Waals surface area contributed by atoms with Gasteiger partial charge in [0, 0.05) is 82.4 Å². The monoisotopic (exact) mass is 697 g/mol. The molecule has 49 heavy (non-hydrogen) atoms. The van der Waals surface area contributed by atoms with Gasteiger partial charge in [0.2, 0.25) is 11.8 Å². The Morgan fingerprint density at radius 3 is 2.63 bits per heavy atom. The Bertz CT molecular complexity index is 1840. The minimum atomic E-state index is -3.12. The Hall–Kier alpha value is -4.63. The lowest BCUT2D eigenvalue weighted by Gasteiger charge is -2.25. The van der Waals surface area contributed by atoms with Crippen LogP contribution < -0.4 is 10.1 Å². The quantitative estimate of drug-likeness (QED) is 0.235. The molecule has 0 bridgehead atoms. The van der Waals surface area contributed by atoms with Crippen LogP contribution in [0.2, 0.25) is 5.02 Å². The molecule has 16 heteroatoms. The van der Waals surface area contributed by atoms with Crippen molar-refractivity contribution in [2.24, 2.45) is 17.8 Å². The molecule has 0 spiro atoms. The van der Waals surface area contributed by atoms with Gasteiger partial charge in [-0.1, -0.05) is 18.5 Å². The highest BCUT2D eigenvalue weighted by Crippen LogP contribution is 2.37. The molecule has 1 N–H and O–H groups in total. The van der Waals surface area contributed by atoms with Crippen LogP contribution in [0.4, 0.5) is 14.5 Å². The summed E-state index contributed by atoms with van der Waals surface area (Å²) >= 11 is 6.25. The summed E-state index contributed by atoms with van der Waals surface area (Å²) in [7, 11) is 1.82. The van der Waals surface area contributed by atoms with E-state index in [1.165, 1.54) is 46.0 Å². The topological polar surface area (TPSA) is 130 Å². The van der Waals surface area contributed by atoms with Crippen LogP contribution in [0.1, 0.15) is 30.6 Å². The lowest BCUT2D eigenvalue weighted by molar-refractivity contribution is -0.131. The first-order chi connectivity index (χ1) is 23.4. The molecule has 3 amide bonds. The summed E-state index contributed by atoms with van der Waals surface area (Å²) in [6.07, 6.45) is 6.97. The Kier molecular flexibility index (Phi) is 10.1. The molecule has 260 valence electrons. The third-order valence-corrected chi connectivity index (χ3v) is 9.46. The smallest absolute Gasteiger partial charge is 0.387 e. The Morgan fingerprint density at radius 1 is 1.16 bits per heavy atom. The summed E-state index contributed by atoms with van der Waals surface area (Å²) < 4.78 is 34.3. The van der Waals surface area contributed by atoms with Gasteiger partial charge in [0.05, 0.1) is 11.9 Å². The third kappa shape index (κ3) is 7.83. The first kappa shape index (κ1) is 34.2. The van der Waals surface area contributed by atoms with Crippen molar-refractivity contribution in [1.29, 1.82) is 0 Å². The number of anilines is 1. The average molecular weight is 698 g/mol. The molecular weight excluding hydrogens is 660 g/mol. The second-order valence-electron chi connectivity index (χ2n) is 12.9. The SMILES string of the molecule is CC(=O)N(C)CCC(C)CN1C[C@@H]2CN(C(=O)Cn3cc(NC(=O)c4cnn5cccnc45)c(-c4cc(Cl)ccc4OC(F)F)n3)C[C@@H]2C1. The molecule has 2 aliphatic rings. The summed E-state index contributed by atoms with van der Waals surface area (Å²) in [6, 6.07) is 5.79. The van der Waals surface area contributed by atoms with Crippen molar-refractivity contribution in [2.75, 3.05) is 51.6 Å². The van der Waals surface area contributed by atoms with E-state index in [4.69, 9.17) is 16.3 Å². The normalized spacial score (nSPS) is 18.2. The number of carbonyl (C=O) groups is 3. The highest BCUT2D eigenvalue weighted by molar-refractivity contribution is 6.31. The molecule has 0 radical (unpaired) electrons. The predicted molar refractivity (Wildman–Crippen MR) is 177 cm³/mol. The minimum absolute atomic E-state index is 0.0656. The molecule has 2 aliphatic heterocycles. The van der Waals surface area contributed by atoms with Gasteiger partial charge in [-0.2, -0.15) is 19.0 Å². The first-order valence-electron chi connectivity index (χ1n) is 16.1. The van der Waals surface area contributed by atoms with E-state index in [0.717, 1.165) is 32.6 Å². The number of halogens is 3. The van der Waals surface area contributed by atoms with Crippen LogP contribution in [0.3, 0.4) is 0 Å². The fourth-order valence-electron chi connectivity index (χ4n) is 6.64. The predicted octanol–water partition coefficient (Wildman–Crippen LogP) is 3.99. The molecule has 2 saturated heterocycles. The average Bonchev–Trinajstić information content (AvgIpc) is 3.83. The van der Waals surface area contributed by atoms with Crippen molar-refractivity contribution in [3.63, 3.8) is 0 Å². The van der Waals surface area contributed by atoms with Crippen LogP contribution in [0, 0.1) is 17.8 Å². The number of fused-ring (bicyclic) bond motifs is 2. The van der Waals surface area contributed by atoms with Gasteiger partial charge in [0.15, 0.2) is 5.65 Å². The van der Waals surface area contributed by atoms with Crippen LogP contribution in [-0.4, -0.2) is 110 Å². The Labute approximate surface area is 286 Å². The standard InChI is InChI=1S/C33H38ClF2N9O4/c1-20(7-10-41(3)21(2)46)13-42-14-22-16-43(17-23(22)15-42)29(47)19-44-18-27(39-32(48)26-12-38-45-9-4-8-37-31(26)45)30(40-44)25-11-24(34)5-6-28(25)49-33(35)36/h4-6,8-9,11-12,18,20,22-23,33H,7,10,13-17,19H2,1-3H3,(H,39,48)/t20?,22-,23+. The van der Waals surface area contributed by atoms with E-state index in [0.29, 0.717) is 36.5 Å². The second kappa shape index (κ2) is 14.5. The zero-order valence-corrected chi connectivity index (χ0v) is 28.2. The van der Waals surface area contributed by atoms with E-state index >= 15 is 0 Å². The number of ether oxygens (including phenoxy) is 1. The van der Waals surface area contributed by atoms with Gasteiger partial charge < -0.3 is 24.8 Å². The number of hydrogen-bond acceptors (Lipinski definition) is 8. The van der Waals surface area contributed by atoms with Gasteiger partial charge in [-0.05, 0) is 48.4 Å². The third-order valence-electron chi connectivity index (χ3n) is 9.22. The van der Waals surface area contributed by atoms with Gasteiger partial charge >= 0.3 is 6.61 Å². The Morgan fingerprint density at radius 2 is 1.92 bits per heavy atom. The van der Waals surface area contributed by atoms with Crippen LogP contribution in [0.15, 0.2) is 49.1 Å². The molecule has 0 saturated carbocycles. The van der Waals surface area contributed by atoms with Crippen molar-refractivity contribution in [3.05, 3.63) is 59.6 Å². The van der Waals surface area contributed by atoms with Crippen molar-refractivity contribution in [1.82, 2.24) is 39.1 Å². The zero-order valence-electron chi connectivity index (χ0n) is 27.4. The second-order valence-corrected chi connectivity index (χ2v) is 13.3. The van der Waals surface area contributed by atoms with Gasteiger partial charge in [0.25, 0.3) is 5.91 Å². The number of amides is 3. The Balaban J connectivity index is 1.16. The number of nitrogens with zero attached hydrogens (tertiary/aromatic N) is 8. The fraction of sp³-hybridized carbons (Fsp3) is 0.455. The lowest BCUT2D eigenvalue weighted by Crippen LogP contribution is -2.36. The van der Waals surface area contributed by atoms with E-state index in [1.54, 1.807) is 24.1 Å². The van der Waals surface area contributed by atoms with Gasteiger partial charge in [-0.3, -0.25) is 19.1 Å². The van der Waals surface area contributed by atoms with Crippen molar-refractivity contribution in [3.8, 4) is 17.0 Å². The number of hydrogen-bond donors (Lipinski definition) is 1. The maximum Gasteiger partial charge on any atom is 0.387 e. The summed E-state index contributed by atoms with van der Waals surface area (Å²) in [5, 5.41) is 11.7. The number of alkyl halides is 2. The number of benzene rings is 1. The molecule has 13 nitrogen and oxygen atoms in total. The van der Waals surface area contributed by atoms with Gasteiger partial charge in [0.1, 0.15) is 23.6 Å². The van der Waals surface area contributed by atoms with E-state index < -0.39 is 12.5 Å². The molecule has 0 aliphatic carbocycles. The number of aromatic nitrogens is 5. The van der Waals surface area contributed by atoms with Crippen molar-refractivity contribution in [2.45, 2.75) is 33.4 Å². The highest BCUT2D eigenvalue weighted by Gasteiger charge is 2.41. The number of carbonyl (C=O) groups excluding carboxylic acids is 3. The molecule has 6 rings (SSSR count).